The Morgan fingerprint density at radius 3 is 2.76 bits per heavy atom. The number of benzene rings is 1. The molecule has 0 aliphatic carbocycles. The van der Waals surface area contributed by atoms with Crippen molar-refractivity contribution in [2.24, 2.45) is 0 Å². The Hall–Kier alpha value is -2.28. The first kappa shape index (κ1) is 13.7. The van der Waals surface area contributed by atoms with Crippen LogP contribution in [0.3, 0.4) is 0 Å². The summed E-state index contributed by atoms with van der Waals surface area (Å²) in [4.78, 5) is 13.0. The maximum atomic E-state index is 5.43. The Morgan fingerprint density at radius 1 is 1.24 bits per heavy atom. The molecule has 0 atom stereocenters. The molecule has 1 aromatic carbocycles. The number of anilines is 2. The van der Waals surface area contributed by atoms with Crippen molar-refractivity contribution in [3.05, 3.63) is 36.7 Å². The minimum absolute atomic E-state index is 0.628. The van der Waals surface area contributed by atoms with E-state index in [9.17, 15) is 0 Å². The van der Waals surface area contributed by atoms with E-state index in [1.54, 1.807) is 6.20 Å². The number of ether oxygens (including phenoxy) is 1. The van der Waals surface area contributed by atoms with E-state index < -0.39 is 0 Å². The summed E-state index contributed by atoms with van der Waals surface area (Å²) in [6.45, 7) is 2.62. The Bertz CT molecular complexity index is 741. The van der Waals surface area contributed by atoms with E-state index in [1.165, 1.54) is 11.8 Å². The van der Waals surface area contributed by atoms with Crippen molar-refractivity contribution in [3.63, 3.8) is 0 Å². The van der Waals surface area contributed by atoms with Crippen LogP contribution in [0.4, 0.5) is 11.6 Å². The molecule has 21 heavy (non-hydrogen) atoms. The van der Waals surface area contributed by atoms with Gasteiger partial charge in [0.05, 0.1) is 6.61 Å². The standard InChI is InChI=1S/C14H15N5OS/c1-3-20-11-6-4-10(5-7-11)16-13-18-14(21-2)17-12-15-8-9-19(12)13/h4-9H,3H2,1-2H3,(H,15,16,17,18). The third-order valence-corrected chi connectivity index (χ3v) is 3.40. The van der Waals surface area contributed by atoms with Gasteiger partial charge in [-0.1, -0.05) is 11.8 Å². The fourth-order valence-electron chi connectivity index (χ4n) is 1.91. The molecule has 0 aliphatic rings. The van der Waals surface area contributed by atoms with Gasteiger partial charge < -0.3 is 10.1 Å². The zero-order valence-corrected chi connectivity index (χ0v) is 12.6. The van der Waals surface area contributed by atoms with Crippen LogP contribution in [0.25, 0.3) is 5.78 Å². The second kappa shape index (κ2) is 6.01. The van der Waals surface area contributed by atoms with Crippen molar-refractivity contribution in [2.75, 3.05) is 18.2 Å². The number of thioether (sulfide) groups is 1. The number of nitrogens with one attached hydrogen (secondary N) is 1. The Labute approximate surface area is 126 Å². The van der Waals surface area contributed by atoms with Crippen LogP contribution < -0.4 is 10.1 Å². The van der Waals surface area contributed by atoms with E-state index in [-0.39, 0.29) is 0 Å². The van der Waals surface area contributed by atoms with Gasteiger partial charge in [0, 0.05) is 18.1 Å². The van der Waals surface area contributed by atoms with E-state index in [0.717, 1.165) is 11.4 Å². The summed E-state index contributed by atoms with van der Waals surface area (Å²) in [6.07, 6.45) is 5.48. The van der Waals surface area contributed by atoms with E-state index in [2.05, 4.69) is 20.3 Å². The Kier molecular flexibility index (Phi) is 3.92. The second-order valence-corrected chi connectivity index (χ2v) is 4.99. The van der Waals surface area contributed by atoms with Crippen LogP contribution in [-0.4, -0.2) is 32.2 Å². The molecule has 2 aromatic heterocycles. The molecule has 0 bridgehead atoms. The molecule has 2 heterocycles. The van der Waals surface area contributed by atoms with Gasteiger partial charge in [0.2, 0.25) is 11.7 Å². The first-order valence-corrected chi connectivity index (χ1v) is 7.77. The first-order valence-electron chi connectivity index (χ1n) is 6.55. The summed E-state index contributed by atoms with van der Waals surface area (Å²) in [5, 5.41) is 3.96. The van der Waals surface area contributed by atoms with Gasteiger partial charge in [0.15, 0.2) is 5.16 Å². The number of nitrogens with zero attached hydrogens (tertiary/aromatic N) is 4. The molecule has 3 rings (SSSR count). The van der Waals surface area contributed by atoms with Crippen molar-refractivity contribution in [3.8, 4) is 5.75 Å². The molecule has 0 spiro atoms. The van der Waals surface area contributed by atoms with Crippen LogP contribution in [0.5, 0.6) is 5.75 Å². The first-order chi connectivity index (χ1) is 10.3. The van der Waals surface area contributed by atoms with Gasteiger partial charge in [-0.05, 0) is 37.4 Å². The van der Waals surface area contributed by atoms with E-state index in [4.69, 9.17) is 4.74 Å². The van der Waals surface area contributed by atoms with Crippen LogP contribution in [0.2, 0.25) is 0 Å². The Morgan fingerprint density at radius 2 is 2.05 bits per heavy atom. The quantitative estimate of drug-likeness (QED) is 0.731. The predicted octanol–water partition coefficient (Wildman–Crippen LogP) is 2.99. The monoisotopic (exact) mass is 301 g/mol. The summed E-state index contributed by atoms with van der Waals surface area (Å²) in [7, 11) is 0. The van der Waals surface area contributed by atoms with Crippen LogP contribution in [0, 0.1) is 0 Å². The molecule has 0 unspecified atom stereocenters. The van der Waals surface area contributed by atoms with Crippen LogP contribution in [0.1, 0.15) is 6.92 Å². The molecule has 0 fully saturated rings. The van der Waals surface area contributed by atoms with Gasteiger partial charge in [-0.25, -0.2) is 4.98 Å². The van der Waals surface area contributed by atoms with E-state index >= 15 is 0 Å². The molecule has 0 saturated carbocycles. The molecule has 0 saturated heterocycles. The third-order valence-electron chi connectivity index (χ3n) is 2.85. The lowest BCUT2D eigenvalue weighted by Crippen LogP contribution is -2.04. The van der Waals surface area contributed by atoms with Crippen LogP contribution in [-0.2, 0) is 0 Å². The lowest BCUT2D eigenvalue weighted by Gasteiger charge is -2.09. The molecular formula is C14H15N5OS. The van der Waals surface area contributed by atoms with Gasteiger partial charge in [0.25, 0.3) is 0 Å². The molecule has 0 radical (unpaired) electrons. The molecular weight excluding hydrogens is 286 g/mol. The lowest BCUT2D eigenvalue weighted by molar-refractivity contribution is 0.340. The van der Waals surface area contributed by atoms with Crippen molar-refractivity contribution in [1.29, 1.82) is 0 Å². The van der Waals surface area contributed by atoms with Crippen molar-refractivity contribution in [1.82, 2.24) is 19.4 Å². The molecule has 7 heteroatoms. The van der Waals surface area contributed by atoms with Crippen molar-refractivity contribution >= 4 is 29.2 Å². The molecule has 0 amide bonds. The minimum atomic E-state index is 0.628. The highest BCUT2D eigenvalue weighted by atomic mass is 32.2. The number of imidazole rings is 1. The third kappa shape index (κ3) is 2.92. The zero-order valence-electron chi connectivity index (χ0n) is 11.8. The SMILES string of the molecule is CCOc1ccc(Nc2nc(SC)nc3nccn23)cc1. The molecule has 3 aromatic rings. The lowest BCUT2D eigenvalue weighted by atomic mass is 10.3. The van der Waals surface area contributed by atoms with Gasteiger partial charge >= 0.3 is 0 Å². The summed E-state index contributed by atoms with van der Waals surface area (Å²) in [5.41, 5.74) is 0.930. The van der Waals surface area contributed by atoms with Crippen molar-refractivity contribution < 1.29 is 4.74 Å². The fourth-order valence-corrected chi connectivity index (χ4v) is 2.26. The largest absolute Gasteiger partial charge is 0.494 e. The summed E-state index contributed by atoms with van der Waals surface area (Å²) in [6, 6.07) is 7.75. The normalized spacial score (nSPS) is 10.8. The van der Waals surface area contributed by atoms with Gasteiger partial charge in [0.1, 0.15) is 5.75 Å². The minimum Gasteiger partial charge on any atom is -0.494 e. The number of fused-ring (bicyclic) bond motifs is 1. The highest BCUT2D eigenvalue weighted by molar-refractivity contribution is 7.98. The van der Waals surface area contributed by atoms with E-state index in [0.29, 0.717) is 23.5 Å². The zero-order chi connectivity index (χ0) is 14.7. The topological polar surface area (TPSA) is 64.3 Å². The van der Waals surface area contributed by atoms with Crippen molar-refractivity contribution in [2.45, 2.75) is 12.1 Å². The molecule has 0 aliphatic heterocycles. The highest BCUT2D eigenvalue weighted by Gasteiger charge is 2.07. The maximum absolute atomic E-state index is 5.43. The van der Waals surface area contributed by atoms with E-state index in [1.807, 2.05) is 48.0 Å². The molecule has 108 valence electrons. The summed E-state index contributed by atoms with van der Waals surface area (Å²) >= 11 is 1.49. The average molecular weight is 301 g/mol. The number of rotatable bonds is 5. The number of hydrogen-bond acceptors (Lipinski definition) is 6. The highest BCUT2D eigenvalue weighted by Crippen LogP contribution is 2.21. The average Bonchev–Trinajstić information content (AvgIpc) is 2.98. The van der Waals surface area contributed by atoms with Gasteiger partial charge in [-0.15, -0.1) is 0 Å². The summed E-state index contributed by atoms with van der Waals surface area (Å²) in [5.74, 6) is 2.16. The summed E-state index contributed by atoms with van der Waals surface area (Å²) < 4.78 is 7.25. The second-order valence-electron chi connectivity index (χ2n) is 4.21. The number of hydrogen-bond donors (Lipinski definition) is 1. The predicted molar refractivity (Wildman–Crippen MR) is 83.5 cm³/mol. The fraction of sp³-hybridized carbons (Fsp3) is 0.214. The smallest absolute Gasteiger partial charge is 0.239 e. The van der Waals surface area contributed by atoms with Gasteiger partial charge in [-0.2, -0.15) is 9.97 Å². The number of aromatic nitrogens is 4. The van der Waals surface area contributed by atoms with Crippen LogP contribution in [0.15, 0.2) is 41.8 Å². The molecule has 6 nitrogen and oxygen atoms in total. The maximum Gasteiger partial charge on any atom is 0.239 e. The van der Waals surface area contributed by atoms with Crippen LogP contribution >= 0.6 is 11.8 Å². The Balaban J connectivity index is 1.91. The molecule has 1 N–H and O–H groups in total. The van der Waals surface area contributed by atoms with Gasteiger partial charge in [-0.3, -0.25) is 4.40 Å².